The van der Waals surface area contributed by atoms with Crippen LogP contribution in [0.2, 0.25) is 0 Å². The van der Waals surface area contributed by atoms with Gasteiger partial charge in [-0.05, 0) is 39.2 Å². The molecule has 1 atom stereocenters. The van der Waals surface area contributed by atoms with Gasteiger partial charge in [0.1, 0.15) is 11.4 Å². The van der Waals surface area contributed by atoms with Gasteiger partial charge in [0, 0.05) is 11.8 Å². The van der Waals surface area contributed by atoms with Crippen LogP contribution in [-0.4, -0.2) is 17.5 Å². The van der Waals surface area contributed by atoms with Crippen molar-refractivity contribution in [3.05, 3.63) is 35.9 Å². The minimum Gasteiger partial charge on any atom is -0.444 e. The molecular weight excluding hydrogens is 302 g/mol. The highest BCUT2D eigenvalue weighted by molar-refractivity contribution is 5.83. The quantitative estimate of drug-likeness (QED) is 0.793. The van der Waals surface area contributed by atoms with Crippen LogP contribution in [0.4, 0.5) is 4.79 Å². The second-order valence-corrected chi connectivity index (χ2v) is 8.17. The summed E-state index contributed by atoms with van der Waals surface area (Å²) in [4.78, 5) is 24.2. The van der Waals surface area contributed by atoms with Gasteiger partial charge < -0.3 is 10.1 Å². The van der Waals surface area contributed by atoms with Crippen molar-refractivity contribution < 1.29 is 14.3 Å². The first-order chi connectivity index (χ1) is 11.0. The van der Waals surface area contributed by atoms with Gasteiger partial charge in [-0.25, -0.2) is 4.79 Å². The Balaban J connectivity index is 2.70. The van der Waals surface area contributed by atoms with Crippen molar-refractivity contribution >= 4 is 11.9 Å². The van der Waals surface area contributed by atoms with E-state index in [1.807, 2.05) is 71.9 Å². The Labute approximate surface area is 146 Å². The maximum absolute atomic E-state index is 12.1. The molecule has 24 heavy (non-hydrogen) atoms. The van der Waals surface area contributed by atoms with E-state index in [2.05, 4.69) is 5.32 Å². The fourth-order valence-electron chi connectivity index (χ4n) is 2.30. The minimum atomic E-state index is -0.534. The van der Waals surface area contributed by atoms with E-state index < -0.39 is 11.7 Å². The molecule has 0 heterocycles. The van der Waals surface area contributed by atoms with E-state index >= 15 is 0 Å². The van der Waals surface area contributed by atoms with Crippen molar-refractivity contribution in [2.75, 3.05) is 0 Å². The molecule has 1 amide bonds. The summed E-state index contributed by atoms with van der Waals surface area (Å²) in [7, 11) is 0. The summed E-state index contributed by atoms with van der Waals surface area (Å²) in [5, 5.41) is 2.93. The van der Waals surface area contributed by atoms with Gasteiger partial charge in [-0.15, -0.1) is 0 Å². The molecule has 0 aliphatic heterocycles. The third kappa shape index (κ3) is 7.62. The Kier molecular flexibility index (Phi) is 7.00. The third-order valence-corrected chi connectivity index (χ3v) is 3.63. The molecule has 0 aliphatic rings. The molecule has 0 aromatic heterocycles. The first kappa shape index (κ1) is 20.2. The molecule has 0 spiro atoms. The number of benzene rings is 1. The Morgan fingerprint density at radius 3 is 2.12 bits per heavy atom. The van der Waals surface area contributed by atoms with Crippen LogP contribution >= 0.6 is 0 Å². The monoisotopic (exact) mass is 333 g/mol. The van der Waals surface area contributed by atoms with Crippen LogP contribution in [0.3, 0.4) is 0 Å². The molecule has 1 aromatic carbocycles. The maximum atomic E-state index is 12.1. The number of carbonyl (C=O) groups is 2. The van der Waals surface area contributed by atoms with Crippen LogP contribution in [0.5, 0.6) is 0 Å². The zero-order valence-electron chi connectivity index (χ0n) is 15.8. The van der Waals surface area contributed by atoms with Crippen molar-refractivity contribution in [1.82, 2.24) is 5.32 Å². The van der Waals surface area contributed by atoms with E-state index in [0.717, 1.165) is 12.0 Å². The molecule has 1 rings (SSSR count). The largest absolute Gasteiger partial charge is 0.444 e. The number of nitrogens with one attached hydrogen (secondary N) is 1. The lowest BCUT2D eigenvalue weighted by Gasteiger charge is -2.24. The average molecular weight is 333 g/mol. The highest BCUT2D eigenvalue weighted by Gasteiger charge is 2.23. The molecule has 0 saturated carbocycles. The molecule has 1 unspecified atom stereocenters. The van der Waals surface area contributed by atoms with Crippen molar-refractivity contribution in [3.63, 3.8) is 0 Å². The van der Waals surface area contributed by atoms with Crippen molar-refractivity contribution in [3.8, 4) is 0 Å². The van der Waals surface area contributed by atoms with Gasteiger partial charge in [0.15, 0.2) is 0 Å². The van der Waals surface area contributed by atoms with Crippen LogP contribution in [0, 0.1) is 5.41 Å². The lowest BCUT2D eigenvalue weighted by Crippen LogP contribution is -2.35. The van der Waals surface area contributed by atoms with Gasteiger partial charge in [0.25, 0.3) is 0 Å². The summed E-state index contributed by atoms with van der Waals surface area (Å²) in [5.74, 6) is 0.242. The van der Waals surface area contributed by atoms with Crippen molar-refractivity contribution in [2.45, 2.75) is 72.4 Å². The molecule has 0 aliphatic carbocycles. The van der Waals surface area contributed by atoms with E-state index in [1.54, 1.807) is 0 Å². The second kappa shape index (κ2) is 8.32. The van der Waals surface area contributed by atoms with E-state index in [9.17, 15) is 9.59 Å². The minimum absolute atomic E-state index is 0.159. The summed E-state index contributed by atoms with van der Waals surface area (Å²) in [6, 6.07) is 9.63. The average Bonchev–Trinajstić information content (AvgIpc) is 2.44. The standard InChI is InChI=1S/C20H31NO3/c1-19(2,3)17(22)14-10-13-16(15-11-8-7-9-12-15)21-18(23)24-20(4,5)6/h7-9,11-12,16H,10,13-14H2,1-6H3,(H,21,23). The Morgan fingerprint density at radius 2 is 1.62 bits per heavy atom. The number of hydrogen-bond donors (Lipinski definition) is 1. The van der Waals surface area contributed by atoms with Crippen LogP contribution in [0.25, 0.3) is 0 Å². The van der Waals surface area contributed by atoms with Crippen LogP contribution < -0.4 is 5.32 Å². The lowest BCUT2D eigenvalue weighted by atomic mass is 9.87. The number of alkyl carbamates (subject to hydrolysis) is 1. The highest BCUT2D eigenvalue weighted by Crippen LogP contribution is 2.23. The van der Waals surface area contributed by atoms with Crippen molar-refractivity contribution in [2.24, 2.45) is 5.41 Å². The first-order valence-corrected chi connectivity index (χ1v) is 8.57. The predicted octanol–water partition coefficient (Wildman–Crippen LogP) is 5.04. The SMILES string of the molecule is CC(C)(C)OC(=O)NC(CCCC(=O)C(C)(C)C)c1ccccc1. The molecular formula is C20H31NO3. The van der Waals surface area contributed by atoms with Gasteiger partial charge in [0.05, 0.1) is 6.04 Å². The van der Waals surface area contributed by atoms with E-state index in [0.29, 0.717) is 12.8 Å². The summed E-state index contributed by atoms with van der Waals surface area (Å²) in [6.45, 7) is 11.3. The number of ether oxygens (including phenoxy) is 1. The summed E-state index contributed by atoms with van der Waals surface area (Å²) in [6.07, 6.45) is 1.51. The second-order valence-electron chi connectivity index (χ2n) is 8.17. The molecule has 0 saturated heterocycles. The van der Waals surface area contributed by atoms with Gasteiger partial charge in [-0.1, -0.05) is 51.1 Å². The summed E-state index contributed by atoms with van der Waals surface area (Å²) in [5.41, 5.74) is 0.167. The highest BCUT2D eigenvalue weighted by atomic mass is 16.6. The van der Waals surface area contributed by atoms with E-state index in [1.165, 1.54) is 0 Å². The van der Waals surface area contributed by atoms with Gasteiger partial charge in [0.2, 0.25) is 0 Å². The number of hydrogen-bond acceptors (Lipinski definition) is 3. The van der Waals surface area contributed by atoms with Crippen LogP contribution in [-0.2, 0) is 9.53 Å². The zero-order chi connectivity index (χ0) is 18.4. The number of rotatable bonds is 6. The molecule has 1 aromatic rings. The van der Waals surface area contributed by atoms with E-state index in [-0.39, 0.29) is 17.2 Å². The molecule has 0 radical (unpaired) electrons. The van der Waals surface area contributed by atoms with Gasteiger partial charge >= 0.3 is 6.09 Å². The summed E-state index contributed by atoms with van der Waals surface area (Å²) >= 11 is 0. The zero-order valence-corrected chi connectivity index (χ0v) is 15.8. The van der Waals surface area contributed by atoms with Gasteiger partial charge in [-0.2, -0.15) is 0 Å². The normalized spacial score (nSPS) is 13.2. The van der Waals surface area contributed by atoms with E-state index in [4.69, 9.17) is 4.74 Å². The lowest BCUT2D eigenvalue weighted by molar-refractivity contribution is -0.126. The molecule has 4 heteroatoms. The summed E-state index contributed by atoms with van der Waals surface area (Å²) < 4.78 is 5.35. The Bertz CT molecular complexity index is 538. The Hall–Kier alpha value is -1.84. The molecule has 4 nitrogen and oxygen atoms in total. The molecule has 0 bridgehead atoms. The van der Waals surface area contributed by atoms with Crippen LogP contribution in [0.15, 0.2) is 30.3 Å². The first-order valence-electron chi connectivity index (χ1n) is 8.57. The number of ketones is 1. The fraction of sp³-hybridized carbons (Fsp3) is 0.600. The third-order valence-electron chi connectivity index (χ3n) is 3.63. The topological polar surface area (TPSA) is 55.4 Å². The molecule has 134 valence electrons. The number of amides is 1. The maximum Gasteiger partial charge on any atom is 0.408 e. The predicted molar refractivity (Wildman–Crippen MR) is 96.9 cm³/mol. The molecule has 0 fully saturated rings. The van der Waals surface area contributed by atoms with Gasteiger partial charge in [-0.3, -0.25) is 4.79 Å². The number of Topliss-reactive ketones (excluding diaryl/α,β-unsaturated/α-hetero) is 1. The fourth-order valence-corrected chi connectivity index (χ4v) is 2.30. The van der Waals surface area contributed by atoms with Crippen molar-refractivity contribution in [1.29, 1.82) is 0 Å². The Morgan fingerprint density at radius 1 is 1.04 bits per heavy atom. The smallest absolute Gasteiger partial charge is 0.408 e. The molecule has 1 N–H and O–H groups in total. The number of carbonyl (C=O) groups excluding carboxylic acids is 2. The van der Waals surface area contributed by atoms with Crippen LogP contribution in [0.1, 0.15) is 72.4 Å².